The normalized spacial score (nSPS) is 10.7. The van der Waals surface area contributed by atoms with Gasteiger partial charge in [-0.3, -0.25) is 14.2 Å². The second-order valence-electron chi connectivity index (χ2n) is 6.48. The van der Waals surface area contributed by atoms with Gasteiger partial charge in [0.05, 0.1) is 31.4 Å². The molecular weight excluding hydrogens is 374 g/mol. The van der Waals surface area contributed by atoms with E-state index >= 15 is 0 Å². The van der Waals surface area contributed by atoms with E-state index in [2.05, 4.69) is 10.3 Å². The van der Waals surface area contributed by atoms with Crippen LogP contribution in [0.1, 0.15) is 18.4 Å². The number of nitrogens with one attached hydrogen (secondary N) is 1. The number of nitrogens with zero attached hydrogens (tertiary/aromatic N) is 2. The number of amides is 1. The molecule has 2 N–H and O–H groups in total. The number of carbonyl (C=O) groups is 1. The summed E-state index contributed by atoms with van der Waals surface area (Å²) in [6.07, 6.45) is 2.20. The number of para-hydroxylation sites is 1. The number of aryl methyl sites for hydroxylation is 1. The Morgan fingerprint density at radius 2 is 1.90 bits per heavy atom. The van der Waals surface area contributed by atoms with Crippen molar-refractivity contribution in [2.24, 2.45) is 0 Å². The van der Waals surface area contributed by atoms with E-state index in [1.807, 2.05) is 0 Å². The summed E-state index contributed by atoms with van der Waals surface area (Å²) in [7, 11) is 3.03. The van der Waals surface area contributed by atoms with Crippen molar-refractivity contribution in [3.8, 4) is 17.2 Å². The summed E-state index contributed by atoms with van der Waals surface area (Å²) < 4.78 is 12.0. The number of aromatic hydroxyl groups is 1. The number of aromatic nitrogens is 2. The van der Waals surface area contributed by atoms with Gasteiger partial charge in [0.1, 0.15) is 5.75 Å². The Hall–Kier alpha value is -3.55. The number of ether oxygens (including phenoxy) is 2. The number of methoxy groups -OCH3 is 2. The van der Waals surface area contributed by atoms with Crippen LogP contribution in [0.25, 0.3) is 10.9 Å². The molecule has 0 saturated heterocycles. The zero-order valence-electron chi connectivity index (χ0n) is 16.3. The monoisotopic (exact) mass is 397 g/mol. The molecule has 1 aromatic heterocycles. The molecule has 0 atom stereocenters. The van der Waals surface area contributed by atoms with Crippen LogP contribution in [0.3, 0.4) is 0 Å². The third-order valence-corrected chi connectivity index (χ3v) is 4.60. The fourth-order valence-electron chi connectivity index (χ4n) is 3.00. The van der Waals surface area contributed by atoms with Gasteiger partial charge in [0.15, 0.2) is 11.5 Å². The molecule has 152 valence electrons. The predicted molar refractivity (Wildman–Crippen MR) is 108 cm³/mol. The van der Waals surface area contributed by atoms with Crippen molar-refractivity contribution >= 4 is 16.8 Å². The first-order valence-corrected chi connectivity index (χ1v) is 9.18. The first-order chi connectivity index (χ1) is 14.0. The highest BCUT2D eigenvalue weighted by atomic mass is 16.5. The first-order valence-electron chi connectivity index (χ1n) is 9.18. The standard InChI is InChI=1S/C21H23N3O5/c1-28-18-10-15-16(11-19(18)29-2)23-13-24(21(15)27)9-5-8-20(26)22-12-14-6-3-4-7-17(14)25/h3-4,6-7,10-11,13,25H,5,8-9,12H2,1-2H3,(H,22,26). The third-order valence-electron chi connectivity index (χ3n) is 4.60. The molecule has 0 unspecified atom stereocenters. The Bertz CT molecular complexity index is 1080. The number of hydrogen-bond acceptors (Lipinski definition) is 6. The molecule has 8 nitrogen and oxygen atoms in total. The minimum atomic E-state index is -0.203. The Morgan fingerprint density at radius 1 is 1.17 bits per heavy atom. The van der Waals surface area contributed by atoms with E-state index in [4.69, 9.17) is 9.47 Å². The van der Waals surface area contributed by atoms with Crippen LogP contribution < -0.4 is 20.3 Å². The van der Waals surface area contributed by atoms with Gasteiger partial charge in [-0.2, -0.15) is 0 Å². The first kappa shape index (κ1) is 20.2. The minimum absolute atomic E-state index is 0.147. The van der Waals surface area contributed by atoms with Gasteiger partial charge in [0, 0.05) is 31.1 Å². The molecule has 0 fully saturated rings. The van der Waals surface area contributed by atoms with Crippen LogP contribution in [0, 0.1) is 0 Å². The molecule has 0 aliphatic rings. The summed E-state index contributed by atoms with van der Waals surface area (Å²) in [5, 5.41) is 12.9. The van der Waals surface area contributed by atoms with Gasteiger partial charge in [-0.15, -0.1) is 0 Å². The van der Waals surface area contributed by atoms with E-state index in [0.29, 0.717) is 40.9 Å². The maximum atomic E-state index is 12.7. The van der Waals surface area contributed by atoms with Crippen molar-refractivity contribution in [2.75, 3.05) is 14.2 Å². The molecular formula is C21H23N3O5. The van der Waals surface area contributed by atoms with Crippen molar-refractivity contribution in [3.63, 3.8) is 0 Å². The largest absolute Gasteiger partial charge is 0.508 e. The lowest BCUT2D eigenvalue weighted by atomic mass is 10.2. The van der Waals surface area contributed by atoms with Crippen LogP contribution in [0.4, 0.5) is 0 Å². The smallest absolute Gasteiger partial charge is 0.261 e. The summed E-state index contributed by atoms with van der Waals surface area (Å²) >= 11 is 0. The Labute approximate surface area is 167 Å². The van der Waals surface area contributed by atoms with Crippen molar-refractivity contribution < 1.29 is 19.4 Å². The average molecular weight is 397 g/mol. The molecule has 0 aliphatic heterocycles. The number of phenolic OH excluding ortho intramolecular Hbond substituents is 1. The van der Waals surface area contributed by atoms with Gasteiger partial charge in [-0.1, -0.05) is 18.2 Å². The van der Waals surface area contributed by atoms with Gasteiger partial charge in [-0.05, 0) is 18.6 Å². The Kier molecular flexibility index (Phi) is 6.33. The van der Waals surface area contributed by atoms with Crippen LogP contribution >= 0.6 is 0 Å². The third kappa shape index (κ3) is 4.66. The minimum Gasteiger partial charge on any atom is -0.508 e. The molecule has 0 saturated carbocycles. The quantitative estimate of drug-likeness (QED) is 0.604. The van der Waals surface area contributed by atoms with E-state index in [9.17, 15) is 14.7 Å². The fraction of sp³-hybridized carbons (Fsp3) is 0.286. The molecule has 1 amide bonds. The van der Waals surface area contributed by atoms with Gasteiger partial charge in [0.25, 0.3) is 5.56 Å². The zero-order chi connectivity index (χ0) is 20.8. The van der Waals surface area contributed by atoms with Crippen molar-refractivity contribution in [2.45, 2.75) is 25.9 Å². The molecule has 0 radical (unpaired) electrons. The van der Waals surface area contributed by atoms with Crippen LogP contribution in [0.15, 0.2) is 47.5 Å². The van der Waals surface area contributed by atoms with E-state index in [1.165, 1.54) is 25.1 Å². The highest BCUT2D eigenvalue weighted by Crippen LogP contribution is 2.29. The molecule has 29 heavy (non-hydrogen) atoms. The fourth-order valence-corrected chi connectivity index (χ4v) is 3.00. The summed E-state index contributed by atoms with van der Waals surface area (Å²) in [4.78, 5) is 29.1. The summed E-state index contributed by atoms with van der Waals surface area (Å²) in [6, 6.07) is 10.1. The van der Waals surface area contributed by atoms with Gasteiger partial charge >= 0.3 is 0 Å². The number of phenols is 1. The average Bonchev–Trinajstić information content (AvgIpc) is 2.74. The van der Waals surface area contributed by atoms with Crippen molar-refractivity contribution in [1.29, 1.82) is 0 Å². The molecule has 1 heterocycles. The van der Waals surface area contributed by atoms with Gasteiger partial charge < -0.3 is 19.9 Å². The molecule has 8 heteroatoms. The lowest BCUT2D eigenvalue weighted by molar-refractivity contribution is -0.121. The summed E-state index contributed by atoms with van der Waals surface area (Å²) in [5.41, 5.74) is 0.968. The second-order valence-corrected chi connectivity index (χ2v) is 6.48. The number of hydrogen-bond donors (Lipinski definition) is 2. The highest BCUT2D eigenvalue weighted by molar-refractivity contribution is 5.81. The maximum Gasteiger partial charge on any atom is 0.261 e. The summed E-state index contributed by atoms with van der Waals surface area (Å²) in [5.74, 6) is 0.959. The molecule has 3 rings (SSSR count). The SMILES string of the molecule is COc1cc2ncn(CCCC(=O)NCc3ccccc3O)c(=O)c2cc1OC. The highest BCUT2D eigenvalue weighted by Gasteiger charge is 2.11. The molecule has 0 aliphatic carbocycles. The topological polar surface area (TPSA) is 103 Å². The van der Waals surface area contributed by atoms with Crippen LogP contribution in [-0.2, 0) is 17.9 Å². The van der Waals surface area contributed by atoms with Crippen LogP contribution in [0.2, 0.25) is 0 Å². The molecule has 2 aromatic carbocycles. The number of carbonyl (C=O) groups excluding carboxylic acids is 1. The van der Waals surface area contributed by atoms with Gasteiger partial charge in [0.2, 0.25) is 5.91 Å². The Morgan fingerprint density at radius 3 is 2.62 bits per heavy atom. The van der Waals surface area contributed by atoms with Gasteiger partial charge in [-0.25, -0.2) is 4.98 Å². The van der Waals surface area contributed by atoms with E-state index in [0.717, 1.165) is 0 Å². The van der Waals surface area contributed by atoms with E-state index in [1.54, 1.807) is 36.4 Å². The van der Waals surface area contributed by atoms with Crippen molar-refractivity contribution in [3.05, 3.63) is 58.6 Å². The number of rotatable bonds is 8. The molecule has 0 spiro atoms. The lowest BCUT2D eigenvalue weighted by Gasteiger charge is -2.11. The lowest BCUT2D eigenvalue weighted by Crippen LogP contribution is -2.24. The van der Waals surface area contributed by atoms with Crippen LogP contribution in [0.5, 0.6) is 17.2 Å². The maximum absolute atomic E-state index is 12.7. The number of fused-ring (bicyclic) bond motifs is 1. The zero-order valence-corrected chi connectivity index (χ0v) is 16.3. The molecule has 3 aromatic rings. The second kappa shape index (κ2) is 9.09. The van der Waals surface area contributed by atoms with E-state index in [-0.39, 0.29) is 30.2 Å². The predicted octanol–water partition coefficient (Wildman–Crippen LogP) is 2.22. The Balaban J connectivity index is 1.61. The number of benzene rings is 2. The van der Waals surface area contributed by atoms with E-state index < -0.39 is 0 Å². The van der Waals surface area contributed by atoms with Crippen LogP contribution in [-0.4, -0.2) is 34.8 Å². The van der Waals surface area contributed by atoms with Crippen molar-refractivity contribution in [1.82, 2.24) is 14.9 Å². The summed E-state index contributed by atoms with van der Waals surface area (Å²) in [6.45, 7) is 0.616. The molecule has 0 bridgehead atoms.